The molecule has 3 rings (SSSR count). The summed E-state index contributed by atoms with van der Waals surface area (Å²) in [7, 11) is 3.53. The summed E-state index contributed by atoms with van der Waals surface area (Å²) in [6, 6.07) is 13.7. The Morgan fingerprint density at radius 2 is 1.97 bits per heavy atom. The summed E-state index contributed by atoms with van der Waals surface area (Å²) in [5.74, 6) is 0.0589. The molecule has 1 heterocycles. The van der Waals surface area contributed by atoms with E-state index in [0.29, 0.717) is 36.2 Å². The monoisotopic (exact) mass is 464 g/mol. The number of nitrogens with zero attached hydrogens (tertiary/aromatic N) is 2. The van der Waals surface area contributed by atoms with Crippen molar-refractivity contribution < 1.29 is 14.3 Å². The summed E-state index contributed by atoms with van der Waals surface area (Å²) in [5.41, 5.74) is 3.34. The van der Waals surface area contributed by atoms with E-state index in [1.54, 1.807) is 24.1 Å². The van der Waals surface area contributed by atoms with Crippen LogP contribution >= 0.6 is 23.2 Å². The van der Waals surface area contributed by atoms with Gasteiger partial charge < -0.3 is 19.3 Å². The maximum atomic E-state index is 12.7. The first-order valence-corrected chi connectivity index (χ1v) is 11.3. The van der Waals surface area contributed by atoms with Crippen molar-refractivity contribution in [3.8, 4) is 0 Å². The van der Waals surface area contributed by atoms with E-state index in [-0.39, 0.29) is 12.0 Å². The van der Waals surface area contributed by atoms with Crippen LogP contribution in [0.25, 0.3) is 0 Å². The van der Waals surface area contributed by atoms with Crippen molar-refractivity contribution >= 4 is 34.8 Å². The van der Waals surface area contributed by atoms with Gasteiger partial charge in [-0.05, 0) is 42.2 Å². The molecule has 0 unspecified atom stereocenters. The molecule has 1 atom stereocenters. The fourth-order valence-electron chi connectivity index (χ4n) is 3.78. The predicted octanol–water partition coefficient (Wildman–Crippen LogP) is 4.48. The van der Waals surface area contributed by atoms with Crippen molar-refractivity contribution in [1.82, 2.24) is 4.90 Å². The average Bonchev–Trinajstić information content (AvgIpc) is 3.23. The second-order valence-electron chi connectivity index (χ2n) is 7.84. The van der Waals surface area contributed by atoms with Gasteiger partial charge in [0.1, 0.15) is 0 Å². The predicted molar refractivity (Wildman–Crippen MR) is 126 cm³/mol. The lowest BCUT2D eigenvalue weighted by molar-refractivity contribution is -0.129. The third-order valence-corrected chi connectivity index (χ3v) is 6.34. The van der Waals surface area contributed by atoms with Crippen LogP contribution in [0.5, 0.6) is 0 Å². The lowest BCUT2D eigenvalue weighted by atomic mass is 10.1. The summed E-state index contributed by atoms with van der Waals surface area (Å²) in [5, 5.41) is 0.967. The van der Waals surface area contributed by atoms with Crippen LogP contribution in [0, 0.1) is 0 Å². The van der Waals surface area contributed by atoms with Crippen molar-refractivity contribution in [1.29, 1.82) is 0 Å². The highest BCUT2D eigenvalue weighted by molar-refractivity contribution is 6.42. The molecule has 0 spiro atoms. The fourth-order valence-corrected chi connectivity index (χ4v) is 4.10. The molecule has 5 nitrogen and oxygen atoms in total. The van der Waals surface area contributed by atoms with Crippen LogP contribution in [0.2, 0.25) is 10.0 Å². The molecule has 31 heavy (non-hydrogen) atoms. The number of ether oxygens (including phenoxy) is 2. The molecule has 1 aliphatic heterocycles. The summed E-state index contributed by atoms with van der Waals surface area (Å²) in [6.07, 6.45) is 2.35. The Bertz CT molecular complexity index is 878. The van der Waals surface area contributed by atoms with Gasteiger partial charge in [-0.1, -0.05) is 47.5 Å². The van der Waals surface area contributed by atoms with Crippen LogP contribution in [-0.4, -0.2) is 63.9 Å². The smallest absolute Gasteiger partial charge is 0.226 e. The van der Waals surface area contributed by atoms with Gasteiger partial charge in [0.2, 0.25) is 5.91 Å². The molecule has 0 bridgehead atoms. The molecule has 0 radical (unpaired) electrons. The Morgan fingerprint density at radius 3 is 2.74 bits per heavy atom. The molecule has 1 amide bonds. The standard InChI is InChI=1S/C24H30Cl2N2O3/c1-27(24(29)16-18-7-8-21(25)22(26)15-18)11-9-19-5-3-4-6-23(19)28-12-10-20(17-28)31-14-13-30-2/h3-8,15,20H,9-14,16-17H2,1-2H3/t20-/m0/s1. The molecule has 2 aromatic carbocycles. The van der Waals surface area contributed by atoms with Gasteiger partial charge in [0.15, 0.2) is 0 Å². The first-order valence-electron chi connectivity index (χ1n) is 10.6. The molecular formula is C24H30Cl2N2O3. The quantitative estimate of drug-likeness (QED) is 0.486. The number of halogens is 2. The van der Waals surface area contributed by atoms with Gasteiger partial charge in [-0.2, -0.15) is 0 Å². The highest BCUT2D eigenvalue weighted by Gasteiger charge is 2.24. The van der Waals surface area contributed by atoms with Crippen LogP contribution in [0.1, 0.15) is 17.5 Å². The van der Waals surface area contributed by atoms with Gasteiger partial charge in [-0.25, -0.2) is 0 Å². The van der Waals surface area contributed by atoms with Gasteiger partial charge in [-0.15, -0.1) is 0 Å². The van der Waals surface area contributed by atoms with Crippen molar-refractivity contribution in [3.05, 3.63) is 63.6 Å². The van der Waals surface area contributed by atoms with Crippen molar-refractivity contribution in [2.75, 3.05) is 51.9 Å². The zero-order valence-corrected chi connectivity index (χ0v) is 19.7. The van der Waals surface area contributed by atoms with Crippen LogP contribution in [0.3, 0.4) is 0 Å². The Hall–Kier alpha value is -1.79. The van der Waals surface area contributed by atoms with Gasteiger partial charge in [0.05, 0.1) is 35.8 Å². The third kappa shape index (κ3) is 6.84. The summed E-state index contributed by atoms with van der Waals surface area (Å²) < 4.78 is 11.0. The number of rotatable bonds is 10. The number of carbonyl (C=O) groups excluding carboxylic acids is 1. The fraction of sp³-hybridized carbons (Fsp3) is 0.458. The molecule has 7 heteroatoms. The SMILES string of the molecule is COCCO[C@H]1CCN(c2ccccc2CCN(C)C(=O)Cc2ccc(Cl)c(Cl)c2)C1. The Balaban J connectivity index is 1.54. The van der Waals surface area contributed by atoms with E-state index in [2.05, 4.69) is 29.2 Å². The third-order valence-electron chi connectivity index (χ3n) is 5.60. The van der Waals surface area contributed by atoms with Gasteiger partial charge >= 0.3 is 0 Å². The maximum absolute atomic E-state index is 12.7. The number of methoxy groups -OCH3 is 1. The molecule has 0 aromatic heterocycles. The molecule has 0 aliphatic carbocycles. The van der Waals surface area contributed by atoms with Crippen LogP contribution in [-0.2, 0) is 27.1 Å². The van der Waals surface area contributed by atoms with Crippen LogP contribution in [0.15, 0.2) is 42.5 Å². The minimum Gasteiger partial charge on any atom is -0.382 e. The Morgan fingerprint density at radius 1 is 1.16 bits per heavy atom. The zero-order valence-electron chi connectivity index (χ0n) is 18.2. The van der Waals surface area contributed by atoms with E-state index in [1.807, 2.05) is 13.1 Å². The average molecular weight is 465 g/mol. The number of likely N-dealkylation sites (N-methyl/N-ethyl adjacent to an activating group) is 1. The van der Waals surface area contributed by atoms with E-state index in [4.69, 9.17) is 32.7 Å². The number of benzene rings is 2. The maximum Gasteiger partial charge on any atom is 0.226 e. The van der Waals surface area contributed by atoms with Crippen molar-refractivity contribution in [2.24, 2.45) is 0 Å². The summed E-state index contributed by atoms with van der Waals surface area (Å²) in [6.45, 7) is 3.75. The largest absolute Gasteiger partial charge is 0.382 e. The minimum absolute atomic E-state index is 0.0589. The molecule has 1 aliphatic rings. The highest BCUT2D eigenvalue weighted by atomic mass is 35.5. The molecule has 2 aromatic rings. The number of amides is 1. The molecule has 0 N–H and O–H groups in total. The molecule has 168 valence electrons. The molecule has 1 saturated heterocycles. The van der Waals surface area contributed by atoms with Crippen molar-refractivity contribution in [2.45, 2.75) is 25.4 Å². The number of hydrogen-bond acceptors (Lipinski definition) is 4. The highest BCUT2D eigenvalue weighted by Crippen LogP contribution is 2.26. The second kappa shape index (κ2) is 11.7. The topological polar surface area (TPSA) is 42.0 Å². The van der Waals surface area contributed by atoms with Gasteiger partial charge in [-0.3, -0.25) is 4.79 Å². The van der Waals surface area contributed by atoms with Crippen LogP contribution in [0.4, 0.5) is 5.69 Å². The lowest BCUT2D eigenvalue weighted by Gasteiger charge is -2.24. The first kappa shape index (κ1) is 23.9. The zero-order chi connectivity index (χ0) is 22.2. The van der Waals surface area contributed by atoms with Crippen molar-refractivity contribution in [3.63, 3.8) is 0 Å². The van der Waals surface area contributed by atoms with E-state index < -0.39 is 0 Å². The lowest BCUT2D eigenvalue weighted by Crippen LogP contribution is -2.31. The number of hydrogen-bond donors (Lipinski definition) is 0. The Kier molecular flexibility index (Phi) is 9.02. The molecule has 1 fully saturated rings. The van der Waals surface area contributed by atoms with E-state index in [1.165, 1.54) is 11.3 Å². The number of carbonyl (C=O) groups is 1. The summed E-state index contributed by atoms with van der Waals surface area (Å²) >= 11 is 12.0. The van der Waals surface area contributed by atoms with Gasteiger partial charge in [0, 0.05) is 39.5 Å². The van der Waals surface area contributed by atoms with Gasteiger partial charge in [0.25, 0.3) is 0 Å². The van der Waals surface area contributed by atoms with Crippen LogP contribution < -0.4 is 4.90 Å². The van der Waals surface area contributed by atoms with E-state index >= 15 is 0 Å². The number of anilines is 1. The molecular weight excluding hydrogens is 435 g/mol. The second-order valence-corrected chi connectivity index (χ2v) is 8.65. The first-order chi connectivity index (χ1) is 15.0. The normalized spacial score (nSPS) is 16.0. The van der Waals surface area contributed by atoms with E-state index in [0.717, 1.165) is 31.5 Å². The Labute approximate surface area is 194 Å². The summed E-state index contributed by atoms with van der Waals surface area (Å²) in [4.78, 5) is 16.8. The number of para-hydroxylation sites is 1. The van der Waals surface area contributed by atoms with E-state index in [9.17, 15) is 4.79 Å². The molecule has 0 saturated carbocycles. The minimum atomic E-state index is 0.0589.